The number of thiazole rings is 1. The molecule has 10 heteroatoms. The van der Waals surface area contributed by atoms with E-state index in [-0.39, 0.29) is 11.3 Å². The Morgan fingerprint density at radius 2 is 1.95 bits per heavy atom. The van der Waals surface area contributed by atoms with E-state index in [9.17, 15) is 14.7 Å². The first-order chi connectivity index (χ1) is 18.2. The summed E-state index contributed by atoms with van der Waals surface area (Å²) in [4.78, 5) is 35.0. The molecule has 0 radical (unpaired) electrons. The molecule has 0 fully saturated rings. The molecule has 5 rings (SSSR count). The fourth-order valence-corrected chi connectivity index (χ4v) is 5.65. The largest absolute Gasteiger partial charge is 0.503 e. The van der Waals surface area contributed by atoms with Crippen LogP contribution in [0.4, 0.5) is 5.13 Å². The number of aryl methyl sites for hydroxylation is 1. The van der Waals surface area contributed by atoms with Crippen LogP contribution in [0.1, 0.15) is 34.3 Å². The molecule has 0 saturated heterocycles. The van der Waals surface area contributed by atoms with Crippen molar-refractivity contribution >= 4 is 50.0 Å². The van der Waals surface area contributed by atoms with Crippen LogP contribution in [0.15, 0.2) is 70.3 Å². The summed E-state index contributed by atoms with van der Waals surface area (Å²) in [6.07, 6.45) is 0.873. The van der Waals surface area contributed by atoms with Crippen LogP contribution in [0.5, 0.6) is 5.75 Å². The van der Waals surface area contributed by atoms with Gasteiger partial charge >= 0.3 is 0 Å². The Labute approximate surface area is 228 Å². The zero-order valence-electron chi connectivity index (χ0n) is 21.1. The Kier molecular flexibility index (Phi) is 7.25. The second-order valence-electron chi connectivity index (χ2n) is 9.24. The number of para-hydroxylation sites is 1. The van der Waals surface area contributed by atoms with Gasteiger partial charge in [0.1, 0.15) is 17.0 Å². The molecule has 1 N–H and O–H groups in total. The van der Waals surface area contributed by atoms with Crippen molar-refractivity contribution in [2.45, 2.75) is 19.4 Å². The van der Waals surface area contributed by atoms with E-state index < -0.39 is 23.5 Å². The molecule has 1 aliphatic heterocycles. The van der Waals surface area contributed by atoms with Gasteiger partial charge in [0, 0.05) is 6.54 Å². The van der Waals surface area contributed by atoms with Crippen LogP contribution >= 0.6 is 22.9 Å². The first-order valence-corrected chi connectivity index (χ1v) is 13.2. The number of fused-ring (bicyclic) bond motifs is 1. The molecule has 1 aliphatic rings. The highest BCUT2D eigenvalue weighted by Gasteiger charge is 2.46. The number of aromatic nitrogens is 1. The molecule has 1 unspecified atom stereocenters. The van der Waals surface area contributed by atoms with E-state index in [0.29, 0.717) is 39.4 Å². The van der Waals surface area contributed by atoms with E-state index >= 15 is 0 Å². The first-order valence-electron chi connectivity index (χ1n) is 12.0. The average molecular weight is 552 g/mol. The van der Waals surface area contributed by atoms with Gasteiger partial charge in [0.25, 0.3) is 5.91 Å². The molecule has 0 bridgehead atoms. The van der Waals surface area contributed by atoms with Gasteiger partial charge in [0.2, 0.25) is 5.78 Å². The molecule has 1 atom stereocenters. The standard InChI is InChI=1S/C28H26ClN3O5S/c1-16-8-13-20(37-16)25(33)22-24(17-9-11-18(12-10-17)36-15-5-14-31(2)3)32(27(35)26(22)34)28-30-23-19(29)6-4-7-21(23)38-28/h4,6-13,24,34H,5,14-15H2,1-3H3. The van der Waals surface area contributed by atoms with Crippen molar-refractivity contribution in [3.63, 3.8) is 0 Å². The van der Waals surface area contributed by atoms with Crippen molar-refractivity contribution in [2.24, 2.45) is 0 Å². The molecule has 1 amide bonds. The number of ketones is 1. The number of furan rings is 1. The van der Waals surface area contributed by atoms with E-state index in [1.54, 1.807) is 49.4 Å². The number of anilines is 1. The Bertz CT molecular complexity index is 1540. The van der Waals surface area contributed by atoms with Crippen LogP contribution in [-0.4, -0.2) is 53.9 Å². The number of nitrogens with zero attached hydrogens (tertiary/aromatic N) is 3. The summed E-state index contributed by atoms with van der Waals surface area (Å²) >= 11 is 7.60. The molecule has 2 aromatic carbocycles. The van der Waals surface area contributed by atoms with Crippen molar-refractivity contribution in [3.8, 4) is 5.75 Å². The van der Waals surface area contributed by atoms with Gasteiger partial charge in [-0.15, -0.1) is 0 Å². The lowest BCUT2D eigenvalue weighted by molar-refractivity contribution is -0.117. The minimum absolute atomic E-state index is 0.0388. The number of rotatable bonds is 9. The molecule has 2 aromatic heterocycles. The zero-order valence-corrected chi connectivity index (χ0v) is 22.7. The number of ether oxygens (including phenoxy) is 1. The number of hydrogen-bond acceptors (Lipinski definition) is 8. The molecule has 0 aliphatic carbocycles. The number of Topliss-reactive ketones (excluding diaryl/α,β-unsaturated/α-hetero) is 1. The fourth-order valence-electron chi connectivity index (χ4n) is 4.36. The molecule has 8 nitrogen and oxygen atoms in total. The van der Waals surface area contributed by atoms with Crippen LogP contribution in [0, 0.1) is 6.92 Å². The quantitative estimate of drug-likeness (QED) is 0.202. The van der Waals surface area contributed by atoms with Crippen LogP contribution in [0.2, 0.25) is 5.02 Å². The van der Waals surface area contributed by atoms with E-state index in [1.165, 1.54) is 22.3 Å². The number of hydrogen-bond donors (Lipinski definition) is 1. The van der Waals surface area contributed by atoms with E-state index in [0.717, 1.165) is 17.7 Å². The van der Waals surface area contributed by atoms with Crippen molar-refractivity contribution in [1.29, 1.82) is 0 Å². The molecular formula is C28H26ClN3O5S. The van der Waals surface area contributed by atoms with Crippen LogP contribution in [0.25, 0.3) is 10.2 Å². The molecule has 4 aromatic rings. The molecule has 3 heterocycles. The predicted octanol–water partition coefficient (Wildman–Crippen LogP) is 5.96. The maximum atomic E-state index is 13.5. The SMILES string of the molecule is Cc1ccc(C(=O)C2=C(O)C(=O)N(c3nc4c(Cl)cccc4s3)C2c2ccc(OCCCN(C)C)cc2)o1. The summed E-state index contributed by atoms with van der Waals surface area (Å²) in [7, 11) is 4.02. The Morgan fingerprint density at radius 1 is 1.18 bits per heavy atom. The summed E-state index contributed by atoms with van der Waals surface area (Å²) in [6.45, 7) is 3.18. The number of amides is 1. The number of aliphatic hydroxyl groups is 1. The van der Waals surface area contributed by atoms with Gasteiger partial charge in [0.05, 0.1) is 27.9 Å². The summed E-state index contributed by atoms with van der Waals surface area (Å²) in [5.41, 5.74) is 1.08. The summed E-state index contributed by atoms with van der Waals surface area (Å²) < 4.78 is 12.2. The third kappa shape index (κ3) is 4.92. The van der Waals surface area contributed by atoms with Crippen LogP contribution < -0.4 is 9.64 Å². The summed E-state index contributed by atoms with van der Waals surface area (Å²) in [5.74, 6) is -0.679. The molecule has 38 heavy (non-hydrogen) atoms. The Balaban J connectivity index is 1.53. The molecule has 0 spiro atoms. The Morgan fingerprint density at radius 3 is 2.61 bits per heavy atom. The highest BCUT2D eigenvalue weighted by molar-refractivity contribution is 7.22. The summed E-state index contributed by atoms with van der Waals surface area (Å²) in [5, 5.41) is 11.7. The van der Waals surface area contributed by atoms with Crippen molar-refractivity contribution in [1.82, 2.24) is 9.88 Å². The first kappa shape index (κ1) is 26.0. The number of halogens is 1. The maximum absolute atomic E-state index is 13.5. The van der Waals surface area contributed by atoms with Crippen LogP contribution in [-0.2, 0) is 4.79 Å². The average Bonchev–Trinajstić information content (AvgIpc) is 3.59. The second-order valence-corrected chi connectivity index (χ2v) is 10.7. The number of carbonyl (C=O) groups excluding carboxylic acids is 2. The number of benzene rings is 2. The lowest BCUT2D eigenvalue weighted by Gasteiger charge is -2.24. The smallest absolute Gasteiger partial charge is 0.296 e. The molecule has 196 valence electrons. The van der Waals surface area contributed by atoms with Crippen molar-refractivity contribution in [2.75, 3.05) is 32.1 Å². The van der Waals surface area contributed by atoms with E-state index in [1.807, 2.05) is 20.2 Å². The minimum atomic E-state index is -0.928. The van der Waals surface area contributed by atoms with Gasteiger partial charge in [-0.05, 0) is 69.4 Å². The Hall–Kier alpha value is -3.66. The van der Waals surface area contributed by atoms with Gasteiger partial charge in [-0.2, -0.15) is 0 Å². The van der Waals surface area contributed by atoms with Crippen LogP contribution in [0.3, 0.4) is 0 Å². The lowest BCUT2D eigenvalue weighted by Crippen LogP contribution is -2.30. The van der Waals surface area contributed by atoms with E-state index in [4.69, 9.17) is 20.8 Å². The lowest BCUT2D eigenvalue weighted by atomic mass is 9.95. The molecule has 0 saturated carbocycles. The monoisotopic (exact) mass is 551 g/mol. The van der Waals surface area contributed by atoms with Crippen molar-refractivity contribution in [3.05, 3.63) is 88.0 Å². The van der Waals surface area contributed by atoms with Gasteiger partial charge in [-0.25, -0.2) is 4.98 Å². The van der Waals surface area contributed by atoms with Gasteiger partial charge in [0.15, 0.2) is 16.7 Å². The predicted molar refractivity (Wildman–Crippen MR) is 147 cm³/mol. The van der Waals surface area contributed by atoms with Crippen molar-refractivity contribution < 1.29 is 23.8 Å². The summed E-state index contributed by atoms with van der Waals surface area (Å²) in [6, 6.07) is 14.8. The van der Waals surface area contributed by atoms with E-state index in [2.05, 4.69) is 9.88 Å². The molecular weight excluding hydrogens is 526 g/mol. The normalized spacial score (nSPS) is 15.8. The highest BCUT2D eigenvalue weighted by Crippen LogP contribution is 2.45. The maximum Gasteiger partial charge on any atom is 0.296 e. The fraction of sp³-hybridized carbons (Fsp3) is 0.250. The number of aliphatic hydroxyl groups excluding tert-OH is 1. The topological polar surface area (TPSA) is 96.1 Å². The number of carbonyl (C=O) groups is 2. The van der Waals surface area contributed by atoms with Gasteiger partial charge in [-0.3, -0.25) is 14.5 Å². The highest BCUT2D eigenvalue weighted by atomic mass is 35.5. The third-order valence-corrected chi connectivity index (χ3v) is 7.52. The van der Waals surface area contributed by atoms with Gasteiger partial charge in [-0.1, -0.05) is 41.1 Å². The second kappa shape index (κ2) is 10.6. The van der Waals surface area contributed by atoms with Gasteiger partial charge < -0.3 is 19.2 Å². The third-order valence-electron chi connectivity index (χ3n) is 6.20. The zero-order chi connectivity index (χ0) is 27.0. The minimum Gasteiger partial charge on any atom is -0.503 e.